The van der Waals surface area contributed by atoms with Gasteiger partial charge < -0.3 is 33.8 Å². The molecule has 2 N–H and O–H groups in total. The van der Waals surface area contributed by atoms with E-state index in [1.807, 2.05) is 6.07 Å². The minimum absolute atomic E-state index is 0.0102. The Morgan fingerprint density at radius 2 is 1.97 bits per heavy atom. The maximum Gasteiger partial charge on any atom is 0.287 e. The van der Waals surface area contributed by atoms with Gasteiger partial charge in [0.15, 0.2) is 17.3 Å². The molecule has 8 heteroatoms. The number of nitrogens with one attached hydrogen (secondary N) is 1. The van der Waals surface area contributed by atoms with E-state index in [4.69, 9.17) is 23.4 Å². The van der Waals surface area contributed by atoms with E-state index in [1.54, 1.807) is 44.4 Å². The van der Waals surface area contributed by atoms with Crippen molar-refractivity contribution in [1.29, 1.82) is 0 Å². The molecule has 2 aromatic carbocycles. The van der Waals surface area contributed by atoms with E-state index in [-0.39, 0.29) is 25.7 Å². The monoisotopic (exact) mass is 399 g/mol. The predicted octanol–water partition coefficient (Wildman–Crippen LogP) is 2.65. The molecule has 3 aromatic rings. The highest BCUT2D eigenvalue weighted by atomic mass is 16.7. The third-order valence-electron chi connectivity index (χ3n) is 4.63. The summed E-state index contributed by atoms with van der Waals surface area (Å²) in [4.78, 5) is 12.5. The Bertz CT molecular complexity index is 1040. The minimum Gasteiger partial charge on any atom is -0.497 e. The van der Waals surface area contributed by atoms with Crippen molar-refractivity contribution in [3.63, 3.8) is 0 Å². The summed E-state index contributed by atoms with van der Waals surface area (Å²) in [5.41, 5.74) is 1.31. The molecule has 1 aliphatic rings. The van der Waals surface area contributed by atoms with Crippen LogP contribution in [0.3, 0.4) is 0 Å². The molecule has 4 rings (SSSR count). The predicted molar refractivity (Wildman–Crippen MR) is 104 cm³/mol. The Morgan fingerprint density at radius 1 is 1.17 bits per heavy atom. The first-order chi connectivity index (χ1) is 14.0. The van der Waals surface area contributed by atoms with Gasteiger partial charge in [0.25, 0.3) is 5.91 Å². The fourth-order valence-electron chi connectivity index (χ4n) is 3.05. The van der Waals surface area contributed by atoms with Gasteiger partial charge in [-0.2, -0.15) is 0 Å². The highest BCUT2D eigenvalue weighted by molar-refractivity contribution is 5.99. The average molecular weight is 399 g/mol. The maximum atomic E-state index is 12.5. The molecule has 0 radical (unpaired) electrons. The Kier molecular flexibility index (Phi) is 5.18. The van der Waals surface area contributed by atoms with Gasteiger partial charge in [0, 0.05) is 23.6 Å². The fraction of sp³-hybridized carbons (Fsp3) is 0.286. The molecular formula is C21H21NO7. The number of rotatable bonds is 7. The Labute approximate surface area is 166 Å². The van der Waals surface area contributed by atoms with Gasteiger partial charge in [0.1, 0.15) is 29.8 Å². The van der Waals surface area contributed by atoms with Crippen molar-refractivity contribution < 1.29 is 33.3 Å². The second-order valence-corrected chi connectivity index (χ2v) is 6.61. The minimum atomic E-state index is -0.894. The smallest absolute Gasteiger partial charge is 0.287 e. The van der Waals surface area contributed by atoms with Gasteiger partial charge in [-0.1, -0.05) is 0 Å². The van der Waals surface area contributed by atoms with Gasteiger partial charge in [-0.3, -0.25) is 4.79 Å². The van der Waals surface area contributed by atoms with Crippen LogP contribution in [0.5, 0.6) is 23.0 Å². The first-order valence-corrected chi connectivity index (χ1v) is 9.11. The van der Waals surface area contributed by atoms with Crippen molar-refractivity contribution in [3.05, 3.63) is 47.7 Å². The number of amides is 1. The number of furan rings is 1. The summed E-state index contributed by atoms with van der Waals surface area (Å²) in [6.07, 6.45) is -0.894. The first kappa shape index (κ1) is 18.9. The van der Waals surface area contributed by atoms with E-state index in [0.717, 1.165) is 5.39 Å². The van der Waals surface area contributed by atoms with Crippen LogP contribution in [0.4, 0.5) is 0 Å². The molecule has 0 fully saturated rings. The second-order valence-electron chi connectivity index (χ2n) is 6.61. The molecule has 0 saturated carbocycles. The van der Waals surface area contributed by atoms with Crippen LogP contribution in [0.2, 0.25) is 0 Å². The van der Waals surface area contributed by atoms with Crippen molar-refractivity contribution in [2.24, 2.45) is 0 Å². The molecule has 0 spiro atoms. The van der Waals surface area contributed by atoms with Gasteiger partial charge in [-0.15, -0.1) is 0 Å². The molecule has 1 aromatic heterocycles. The normalized spacial score (nSPS) is 13.3. The van der Waals surface area contributed by atoms with Crippen LogP contribution in [-0.4, -0.2) is 44.2 Å². The molecular weight excluding hydrogens is 378 g/mol. The van der Waals surface area contributed by atoms with Crippen molar-refractivity contribution in [3.8, 4) is 23.0 Å². The molecule has 152 valence electrons. The van der Waals surface area contributed by atoms with Crippen LogP contribution in [0.15, 0.2) is 40.8 Å². The van der Waals surface area contributed by atoms with E-state index >= 15 is 0 Å². The number of aliphatic hydroxyl groups is 1. The van der Waals surface area contributed by atoms with Gasteiger partial charge in [0.05, 0.1) is 7.11 Å². The molecule has 2 heterocycles. The number of hydrogen-bond acceptors (Lipinski definition) is 7. The fourth-order valence-corrected chi connectivity index (χ4v) is 3.05. The third kappa shape index (κ3) is 3.93. The van der Waals surface area contributed by atoms with E-state index in [1.165, 1.54) is 0 Å². The lowest BCUT2D eigenvalue weighted by atomic mass is 10.1. The summed E-state index contributed by atoms with van der Waals surface area (Å²) in [6.45, 7) is 2.01. The number of fused-ring (bicyclic) bond motifs is 2. The topological polar surface area (TPSA) is 99.4 Å². The van der Waals surface area contributed by atoms with Crippen LogP contribution in [0.25, 0.3) is 11.0 Å². The van der Waals surface area contributed by atoms with Crippen molar-refractivity contribution in [2.45, 2.75) is 13.0 Å². The van der Waals surface area contributed by atoms with Crippen LogP contribution in [-0.2, 0) is 0 Å². The van der Waals surface area contributed by atoms with Gasteiger partial charge in [0.2, 0.25) is 6.79 Å². The lowest BCUT2D eigenvalue weighted by Gasteiger charge is -2.13. The number of aryl methyl sites for hydroxylation is 1. The third-order valence-corrected chi connectivity index (χ3v) is 4.63. The number of carbonyl (C=O) groups excluding carboxylic acids is 1. The first-order valence-electron chi connectivity index (χ1n) is 9.11. The number of benzene rings is 2. The Morgan fingerprint density at radius 3 is 2.79 bits per heavy atom. The molecule has 0 aliphatic carbocycles. The zero-order chi connectivity index (χ0) is 20.4. The molecule has 1 aliphatic heterocycles. The molecule has 29 heavy (non-hydrogen) atoms. The summed E-state index contributed by atoms with van der Waals surface area (Å²) in [7, 11) is 1.58. The molecule has 1 unspecified atom stereocenters. The van der Waals surface area contributed by atoms with E-state index < -0.39 is 12.0 Å². The number of methoxy groups -OCH3 is 1. The average Bonchev–Trinajstić information content (AvgIpc) is 3.34. The Hall–Kier alpha value is -3.39. The maximum absolute atomic E-state index is 12.5. The Balaban J connectivity index is 1.33. The van der Waals surface area contributed by atoms with E-state index in [0.29, 0.717) is 34.1 Å². The number of carbonyl (C=O) groups is 1. The highest BCUT2D eigenvalue weighted by Gasteiger charge is 2.19. The molecule has 0 bridgehead atoms. The standard InChI is InChI=1S/C21H21NO7/c1-12-16-7-14(25-2)3-5-17(16)29-20(12)21(24)22-9-13(23)10-26-15-4-6-18-19(8-15)28-11-27-18/h3-8,13,23H,9-11H2,1-2H3,(H,22,24). The van der Waals surface area contributed by atoms with Crippen LogP contribution in [0.1, 0.15) is 16.1 Å². The van der Waals surface area contributed by atoms with Gasteiger partial charge in [-0.25, -0.2) is 0 Å². The molecule has 1 atom stereocenters. The summed E-state index contributed by atoms with van der Waals surface area (Å²) < 4.78 is 26.9. The van der Waals surface area contributed by atoms with Crippen LogP contribution in [0, 0.1) is 6.92 Å². The highest BCUT2D eigenvalue weighted by Crippen LogP contribution is 2.35. The summed E-state index contributed by atoms with van der Waals surface area (Å²) in [6, 6.07) is 10.5. The summed E-state index contributed by atoms with van der Waals surface area (Å²) >= 11 is 0. The SMILES string of the molecule is COc1ccc2oc(C(=O)NCC(O)COc3ccc4c(c3)OCO4)c(C)c2c1. The summed E-state index contributed by atoms with van der Waals surface area (Å²) in [5, 5.41) is 13.6. The molecule has 1 amide bonds. The quantitative estimate of drug-likeness (QED) is 0.630. The molecule has 0 saturated heterocycles. The molecule has 8 nitrogen and oxygen atoms in total. The van der Waals surface area contributed by atoms with Crippen molar-refractivity contribution in [2.75, 3.05) is 27.1 Å². The number of hydrogen-bond donors (Lipinski definition) is 2. The second kappa shape index (κ2) is 7.92. The summed E-state index contributed by atoms with van der Waals surface area (Å²) in [5.74, 6) is 2.29. The lowest BCUT2D eigenvalue weighted by molar-refractivity contribution is 0.0823. The van der Waals surface area contributed by atoms with E-state index in [2.05, 4.69) is 5.32 Å². The number of aliphatic hydroxyl groups excluding tert-OH is 1. The number of ether oxygens (including phenoxy) is 4. The lowest BCUT2D eigenvalue weighted by Crippen LogP contribution is -2.35. The largest absolute Gasteiger partial charge is 0.497 e. The van der Waals surface area contributed by atoms with Crippen LogP contribution >= 0.6 is 0 Å². The zero-order valence-electron chi connectivity index (χ0n) is 16.1. The van der Waals surface area contributed by atoms with Crippen LogP contribution < -0.4 is 24.3 Å². The van der Waals surface area contributed by atoms with Crippen molar-refractivity contribution in [1.82, 2.24) is 5.32 Å². The van der Waals surface area contributed by atoms with Gasteiger partial charge >= 0.3 is 0 Å². The van der Waals surface area contributed by atoms with Crippen molar-refractivity contribution >= 4 is 16.9 Å². The van der Waals surface area contributed by atoms with E-state index in [9.17, 15) is 9.90 Å². The van der Waals surface area contributed by atoms with Gasteiger partial charge in [-0.05, 0) is 37.3 Å². The zero-order valence-corrected chi connectivity index (χ0v) is 16.1.